The van der Waals surface area contributed by atoms with Gasteiger partial charge in [0.15, 0.2) is 5.82 Å². The van der Waals surface area contributed by atoms with E-state index < -0.39 is 0 Å². The highest BCUT2D eigenvalue weighted by Gasteiger charge is 2.49. The molecule has 1 saturated carbocycles. The first-order chi connectivity index (χ1) is 9.87. The van der Waals surface area contributed by atoms with Crippen LogP contribution >= 0.6 is 0 Å². The van der Waals surface area contributed by atoms with Crippen molar-refractivity contribution < 1.29 is 4.52 Å². The normalized spacial score (nSPS) is 29.5. The standard InChI is InChI=1S/C13H18N6O/c1-2-4-13(5-6-15-10(13)3-1)12-17-11(18-20-12)7-19-9-14-8-16-19/h8-10,15H,1-7H2/t10-,13+/m0/s1. The summed E-state index contributed by atoms with van der Waals surface area (Å²) < 4.78 is 7.30. The fraction of sp³-hybridized carbons (Fsp3) is 0.692. The fourth-order valence-electron chi connectivity index (χ4n) is 3.65. The minimum Gasteiger partial charge on any atom is -0.339 e. The van der Waals surface area contributed by atoms with Crippen molar-refractivity contribution in [2.45, 2.75) is 50.1 Å². The Balaban J connectivity index is 1.60. The summed E-state index contributed by atoms with van der Waals surface area (Å²) in [6.45, 7) is 1.56. The van der Waals surface area contributed by atoms with Crippen molar-refractivity contribution in [1.82, 2.24) is 30.2 Å². The third-order valence-electron chi connectivity index (χ3n) is 4.66. The van der Waals surface area contributed by atoms with Crippen LogP contribution in [0.5, 0.6) is 0 Å². The van der Waals surface area contributed by atoms with E-state index in [1.54, 1.807) is 11.0 Å². The first-order valence-electron chi connectivity index (χ1n) is 7.26. The molecule has 0 unspecified atom stereocenters. The molecule has 2 aliphatic rings. The van der Waals surface area contributed by atoms with Gasteiger partial charge in [0.05, 0.1) is 5.41 Å². The number of rotatable bonds is 3. The second kappa shape index (κ2) is 4.66. The van der Waals surface area contributed by atoms with Crippen LogP contribution < -0.4 is 5.32 Å². The summed E-state index contributed by atoms with van der Waals surface area (Å²) in [5, 5.41) is 11.8. The lowest BCUT2D eigenvalue weighted by Crippen LogP contribution is -2.43. The zero-order chi connectivity index (χ0) is 13.4. The highest BCUT2D eigenvalue weighted by molar-refractivity contribution is 5.16. The Kier molecular flexibility index (Phi) is 2.80. The number of nitrogens with zero attached hydrogens (tertiary/aromatic N) is 5. The summed E-state index contributed by atoms with van der Waals surface area (Å²) in [6.07, 6.45) is 9.17. The van der Waals surface area contributed by atoms with E-state index in [0.717, 1.165) is 25.3 Å². The van der Waals surface area contributed by atoms with Crippen molar-refractivity contribution in [3.05, 3.63) is 24.4 Å². The van der Waals surface area contributed by atoms with Crippen LogP contribution in [0, 0.1) is 0 Å². The van der Waals surface area contributed by atoms with E-state index in [0.29, 0.717) is 18.4 Å². The lowest BCUT2D eigenvalue weighted by atomic mass is 9.70. The molecule has 2 atom stereocenters. The summed E-state index contributed by atoms with van der Waals surface area (Å²) in [4.78, 5) is 8.56. The molecule has 0 radical (unpaired) electrons. The summed E-state index contributed by atoms with van der Waals surface area (Å²) in [7, 11) is 0. The molecule has 0 aromatic carbocycles. The highest BCUT2D eigenvalue weighted by Crippen LogP contribution is 2.44. The zero-order valence-electron chi connectivity index (χ0n) is 11.3. The van der Waals surface area contributed by atoms with Gasteiger partial charge < -0.3 is 9.84 Å². The van der Waals surface area contributed by atoms with Crippen LogP contribution in [0.25, 0.3) is 0 Å². The highest BCUT2D eigenvalue weighted by atomic mass is 16.5. The quantitative estimate of drug-likeness (QED) is 0.895. The van der Waals surface area contributed by atoms with Crippen LogP contribution in [0.1, 0.15) is 43.8 Å². The van der Waals surface area contributed by atoms with Crippen LogP contribution in [0.15, 0.2) is 17.2 Å². The van der Waals surface area contributed by atoms with Gasteiger partial charge in [-0.2, -0.15) is 10.1 Å². The maximum Gasteiger partial charge on any atom is 0.234 e. The number of fused-ring (bicyclic) bond motifs is 1. The molecule has 1 N–H and O–H groups in total. The molecular formula is C13H18N6O. The topological polar surface area (TPSA) is 81.7 Å². The lowest BCUT2D eigenvalue weighted by Gasteiger charge is -2.35. The summed E-state index contributed by atoms with van der Waals surface area (Å²) >= 11 is 0. The van der Waals surface area contributed by atoms with Crippen molar-refractivity contribution in [2.75, 3.05) is 6.54 Å². The minimum atomic E-state index is 0.0614. The fourth-order valence-corrected chi connectivity index (χ4v) is 3.65. The van der Waals surface area contributed by atoms with Crippen molar-refractivity contribution in [3.63, 3.8) is 0 Å². The molecule has 4 rings (SSSR count). The van der Waals surface area contributed by atoms with Crippen LogP contribution in [0.3, 0.4) is 0 Å². The van der Waals surface area contributed by atoms with Crippen molar-refractivity contribution >= 4 is 0 Å². The summed E-state index contributed by atoms with van der Waals surface area (Å²) in [6, 6.07) is 0.496. The Morgan fingerprint density at radius 2 is 2.40 bits per heavy atom. The predicted octanol–water partition coefficient (Wildman–Crippen LogP) is 0.883. The van der Waals surface area contributed by atoms with Crippen molar-refractivity contribution in [1.29, 1.82) is 0 Å². The molecule has 2 fully saturated rings. The van der Waals surface area contributed by atoms with Gasteiger partial charge in [-0.05, 0) is 25.8 Å². The number of hydrogen-bond donors (Lipinski definition) is 1. The van der Waals surface area contributed by atoms with E-state index in [4.69, 9.17) is 4.52 Å². The number of nitrogens with one attached hydrogen (secondary N) is 1. The van der Waals surface area contributed by atoms with E-state index in [-0.39, 0.29) is 5.41 Å². The maximum atomic E-state index is 5.59. The van der Waals surface area contributed by atoms with Gasteiger partial charge in [0.25, 0.3) is 0 Å². The maximum absolute atomic E-state index is 5.59. The summed E-state index contributed by atoms with van der Waals surface area (Å²) in [5.41, 5.74) is 0.0614. The van der Waals surface area contributed by atoms with E-state index in [1.165, 1.54) is 25.6 Å². The first-order valence-corrected chi connectivity index (χ1v) is 7.26. The average molecular weight is 274 g/mol. The molecule has 1 saturated heterocycles. The Bertz CT molecular complexity index is 579. The van der Waals surface area contributed by atoms with Crippen LogP contribution in [0.2, 0.25) is 0 Å². The second-order valence-electron chi connectivity index (χ2n) is 5.77. The Morgan fingerprint density at radius 3 is 3.30 bits per heavy atom. The van der Waals surface area contributed by atoms with Crippen LogP contribution in [-0.2, 0) is 12.0 Å². The first kappa shape index (κ1) is 12.0. The SMILES string of the molecule is c1ncn(Cc2noc([C@@]34CCCC[C@@H]3NCC4)n2)n1. The molecule has 1 aliphatic carbocycles. The van der Waals surface area contributed by atoms with E-state index in [1.807, 2.05) is 0 Å². The van der Waals surface area contributed by atoms with Crippen molar-refractivity contribution in [3.8, 4) is 0 Å². The lowest BCUT2D eigenvalue weighted by molar-refractivity contribution is 0.199. The van der Waals surface area contributed by atoms with E-state index >= 15 is 0 Å². The van der Waals surface area contributed by atoms with Gasteiger partial charge in [-0.3, -0.25) is 0 Å². The molecule has 0 bridgehead atoms. The number of aromatic nitrogens is 5. The predicted molar refractivity (Wildman–Crippen MR) is 70.0 cm³/mol. The van der Waals surface area contributed by atoms with Crippen LogP contribution in [-0.4, -0.2) is 37.5 Å². The molecule has 2 aromatic rings. The van der Waals surface area contributed by atoms with E-state index in [2.05, 4.69) is 25.5 Å². The number of hydrogen-bond acceptors (Lipinski definition) is 6. The zero-order valence-corrected chi connectivity index (χ0v) is 11.3. The molecule has 7 heteroatoms. The molecular weight excluding hydrogens is 256 g/mol. The Morgan fingerprint density at radius 1 is 1.40 bits per heavy atom. The Labute approximate surface area is 116 Å². The molecule has 2 aromatic heterocycles. The van der Waals surface area contributed by atoms with Crippen molar-refractivity contribution in [2.24, 2.45) is 0 Å². The molecule has 0 spiro atoms. The molecule has 20 heavy (non-hydrogen) atoms. The second-order valence-corrected chi connectivity index (χ2v) is 5.77. The van der Waals surface area contributed by atoms with Gasteiger partial charge in [0, 0.05) is 6.04 Å². The Hall–Kier alpha value is -1.76. The smallest absolute Gasteiger partial charge is 0.234 e. The van der Waals surface area contributed by atoms with Gasteiger partial charge in [-0.1, -0.05) is 18.0 Å². The average Bonchev–Trinajstić information content (AvgIpc) is 3.19. The molecule has 1 aliphatic heterocycles. The third-order valence-corrected chi connectivity index (χ3v) is 4.66. The molecule has 0 amide bonds. The van der Waals surface area contributed by atoms with Gasteiger partial charge >= 0.3 is 0 Å². The van der Waals surface area contributed by atoms with Gasteiger partial charge in [0.2, 0.25) is 5.89 Å². The van der Waals surface area contributed by atoms with Crippen LogP contribution in [0.4, 0.5) is 0 Å². The van der Waals surface area contributed by atoms with Gasteiger partial charge in [-0.25, -0.2) is 9.67 Å². The van der Waals surface area contributed by atoms with Gasteiger partial charge in [-0.15, -0.1) is 0 Å². The monoisotopic (exact) mass is 274 g/mol. The molecule has 7 nitrogen and oxygen atoms in total. The minimum absolute atomic E-state index is 0.0614. The third kappa shape index (κ3) is 1.84. The largest absolute Gasteiger partial charge is 0.339 e. The summed E-state index contributed by atoms with van der Waals surface area (Å²) in [5.74, 6) is 1.48. The van der Waals surface area contributed by atoms with Gasteiger partial charge in [0.1, 0.15) is 19.2 Å². The van der Waals surface area contributed by atoms with E-state index in [9.17, 15) is 0 Å². The molecule has 3 heterocycles. The molecule has 106 valence electrons.